The minimum absolute atomic E-state index is 0.0174. The van der Waals surface area contributed by atoms with E-state index in [0.29, 0.717) is 6.54 Å². The second kappa shape index (κ2) is 7.80. The monoisotopic (exact) mass is 429 g/mol. The van der Waals surface area contributed by atoms with Crippen molar-refractivity contribution in [1.82, 2.24) is 15.2 Å². The summed E-state index contributed by atoms with van der Waals surface area (Å²) in [5.74, 6) is -0.518. The summed E-state index contributed by atoms with van der Waals surface area (Å²) in [5, 5.41) is 3.07. The molecule has 3 rings (SSSR count). The standard InChI is InChI=1S/C21H24BrN3O2/c1-21(2,15-6-8-16(22)9-7-15)13-24-20(27)17-11-18(26)25(3)19(17)14-5-4-10-23-12-14/h4-10,12,17,19H,11,13H2,1-3H3,(H,24,27). The van der Waals surface area contributed by atoms with Crippen LogP contribution in [0.5, 0.6) is 0 Å². The van der Waals surface area contributed by atoms with E-state index < -0.39 is 5.92 Å². The van der Waals surface area contributed by atoms with E-state index in [1.165, 1.54) is 0 Å². The van der Waals surface area contributed by atoms with E-state index in [4.69, 9.17) is 0 Å². The van der Waals surface area contributed by atoms with E-state index in [9.17, 15) is 9.59 Å². The van der Waals surface area contributed by atoms with Gasteiger partial charge in [0.25, 0.3) is 0 Å². The fraction of sp³-hybridized carbons (Fsp3) is 0.381. The Morgan fingerprint density at radius 2 is 2.00 bits per heavy atom. The van der Waals surface area contributed by atoms with Crippen molar-refractivity contribution in [3.63, 3.8) is 0 Å². The molecule has 1 fully saturated rings. The van der Waals surface area contributed by atoms with Crippen molar-refractivity contribution in [2.75, 3.05) is 13.6 Å². The van der Waals surface area contributed by atoms with Crippen LogP contribution < -0.4 is 5.32 Å². The highest BCUT2D eigenvalue weighted by atomic mass is 79.9. The molecular formula is C21H24BrN3O2. The number of halogens is 1. The van der Waals surface area contributed by atoms with Crippen LogP contribution in [0.2, 0.25) is 0 Å². The van der Waals surface area contributed by atoms with Crippen LogP contribution >= 0.6 is 15.9 Å². The molecule has 1 aromatic carbocycles. The molecule has 0 saturated carbocycles. The molecule has 5 nitrogen and oxygen atoms in total. The van der Waals surface area contributed by atoms with Gasteiger partial charge < -0.3 is 10.2 Å². The van der Waals surface area contributed by atoms with Crippen LogP contribution in [0.3, 0.4) is 0 Å². The van der Waals surface area contributed by atoms with Gasteiger partial charge in [0, 0.05) is 42.3 Å². The predicted molar refractivity (Wildman–Crippen MR) is 108 cm³/mol. The SMILES string of the molecule is CN1C(=O)CC(C(=O)NCC(C)(C)c2ccc(Br)cc2)C1c1cccnc1. The Labute approximate surface area is 168 Å². The van der Waals surface area contributed by atoms with E-state index in [1.54, 1.807) is 24.3 Å². The van der Waals surface area contributed by atoms with Crippen LogP contribution in [0.1, 0.15) is 37.4 Å². The van der Waals surface area contributed by atoms with Gasteiger partial charge in [0.05, 0.1) is 12.0 Å². The van der Waals surface area contributed by atoms with E-state index in [0.717, 1.165) is 15.6 Å². The molecule has 142 valence electrons. The first-order valence-electron chi connectivity index (χ1n) is 8.99. The molecule has 6 heteroatoms. The molecule has 0 radical (unpaired) electrons. The molecule has 1 saturated heterocycles. The fourth-order valence-electron chi connectivity index (χ4n) is 3.55. The second-order valence-corrected chi connectivity index (χ2v) is 8.57. The first kappa shape index (κ1) is 19.5. The van der Waals surface area contributed by atoms with Crippen LogP contribution in [-0.4, -0.2) is 35.3 Å². The number of amides is 2. The normalized spacial score (nSPS) is 20.0. The predicted octanol–water partition coefficient (Wildman–Crippen LogP) is 3.46. The van der Waals surface area contributed by atoms with E-state index in [-0.39, 0.29) is 29.7 Å². The summed E-state index contributed by atoms with van der Waals surface area (Å²) in [6.07, 6.45) is 3.64. The van der Waals surface area contributed by atoms with E-state index in [2.05, 4.69) is 52.2 Å². The van der Waals surface area contributed by atoms with Gasteiger partial charge in [-0.2, -0.15) is 0 Å². The van der Waals surface area contributed by atoms with Gasteiger partial charge in [0.1, 0.15) is 0 Å². The highest BCUT2D eigenvalue weighted by Gasteiger charge is 2.43. The Hall–Kier alpha value is -2.21. The number of benzene rings is 1. The van der Waals surface area contributed by atoms with Gasteiger partial charge in [-0.3, -0.25) is 14.6 Å². The Morgan fingerprint density at radius 1 is 1.30 bits per heavy atom. The van der Waals surface area contributed by atoms with Crippen LogP contribution in [-0.2, 0) is 15.0 Å². The first-order valence-corrected chi connectivity index (χ1v) is 9.78. The van der Waals surface area contributed by atoms with Crippen LogP contribution in [0, 0.1) is 5.92 Å². The number of carbonyl (C=O) groups excluding carboxylic acids is 2. The Bertz CT molecular complexity index is 821. The van der Waals surface area contributed by atoms with Crippen molar-refractivity contribution in [2.24, 2.45) is 5.92 Å². The second-order valence-electron chi connectivity index (χ2n) is 7.66. The van der Waals surface area contributed by atoms with Gasteiger partial charge in [-0.05, 0) is 29.3 Å². The van der Waals surface area contributed by atoms with Gasteiger partial charge in [0.2, 0.25) is 11.8 Å². The average molecular weight is 430 g/mol. The maximum atomic E-state index is 12.9. The number of hydrogen-bond acceptors (Lipinski definition) is 3. The molecular weight excluding hydrogens is 406 g/mol. The minimum atomic E-state index is -0.410. The minimum Gasteiger partial charge on any atom is -0.355 e. The maximum absolute atomic E-state index is 12.9. The molecule has 1 aromatic heterocycles. The molecule has 2 amide bonds. The van der Waals surface area contributed by atoms with Gasteiger partial charge in [-0.25, -0.2) is 0 Å². The molecule has 27 heavy (non-hydrogen) atoms. The van der Waals surface area contributed by atoms with Crippen molar-refractivity contribution in [2.45, 2.75) is 31.7 Å². The summed E-state index contributed by atoms with van der Waals surface area (Å²) in [5.41, 5.74) is 1.82. The Balaban J connectivity index is 1.72. The molecule has 0 bridgehead atoms. The van der Waals surface area contributed by atoms with Crippen molar-refractivity contribution in [3.05, 3.63) is 64.4 Å². The quantitative estimate of drug-likeness (QED) is 0.791. The molecule has 1 aliphatic heterocycles. The average Bonchev–Trinajstić information content (AvgIpc) is 2.96. The zero-order chi connectivity index (χ0) is 19.6. The summed E-state index contributed by atoms with van der Waals surface area (Å²) >= 11 is 3.45. The molecule has 1 aliphatic rings. The highest BCUT2D eigenvalue weighted by Crippen LogP contribution is 2.37. The van der Waals surface area contributed by atoms with Gasteiger partial charge in [0.15, 0.2) is 0 Å². The third-order valence-electron chi connectivity index (χ3n) is 5.28. The summed E-state index contributed by atoms with van der Waals surface area (Å²) in [4.78, 5) is 31.0. The number of likely N-dealkylation sites (tertiary alicyclic amines) is 1. The number of carbonyl (C=O) groups is 2. The lowest BCUT2D eigenvalue weighted by Crippen LogP contribution is -2.41. The smallest absolute Gasteiger partial charge is 0.226 e. The Morgan fingerprint density at radius 3 is 2.63 bits per heavy atom. The zero-order valence-corrected chi connectivity index (χ0v) is 17.4. The molecule has 2 heterocycles. The summed E-state index contributed by atoms with van der Waals surface area (Å²) in [6, 6.07) is 11.6. The lowest BCUT2D eigenvalue weighted by atomic mass is 9.84. The molecule has 0 aliphatic carbocycles. The molecule has 2 unspecified atom stereocenters. The van der Waals surface area contributed by atoms with Crippen molar-refractivity contribution in [3.8, 4) is 0 Å². The number of hydrogen-bond donors (Lipinski definition) is 1. The number of rotatable bonds is 5. The van der Waals surface area contributed by atoms with Gasteiger partial charge in [-0.1, -0.05) is 48.0 Å². The van der Waals surface area contributed by atoms with Crippen LogP contribution in [0.4, 0.5) is 0 Å². The van der Waals surface area contributed by atoms with Crippen molar-refractivity contribution in [1.29, 1.82) is 0 Å². The molecule has 0 spiro atoms. The van der Waals surface area contributed by atoms with Crippen LogP contribution in [0.25, 0.3) is 0 Å². The van der Waals surface area contributed by atoms with Crippen molar-refractivity contribution < 1.29 is 9.59 Å². The summed E-state index contributed by atoms with van der Waals surface area (Å²) in [7, 11) is 1.75. The maximum Gasteiger partial charge on any atom is 0.226 e. The van der Waals surface area contributed by atoms with E-state index >= 15 is 0 Å². The summed E-state index contributed by atoms with van der Waals surface area (Å²) < 4.78 is 1.03. The van der Waals surface area contributed by atoms with E-state index in [1.807, 2.05) is 24.3 Å². The van der Waals surface area contributed by atoms with Gasteiger partial charge in [-0.15, -0.1) is 0 Å². The van der Waals surface area contributed by atoms with Gasteiger partial charge >= 0.3 is 0 Å². The highest BCUT2D eigenvalue weighted by molar-refractivity contribution is 9.10. The third kappa shape index (κ3) is 4.21. The number of aromatic nitrogens is 1. The number of nitrogens with one attached hydrogen (secondary N) is 1. The summed E-state index contributed by atoms with van der Waals surface area (Å²) in [6.45, 7) is 4.70. The lowest BCUT2D eigenvalue weighted by molar-refractivity contribution is -0.128. The fourth-order valence-corrected chi connectivity index (χ4v) is 3.82. The molecule has 2 atom stereocenters. The van der Waals surface area contributed by atoms with Crippen LogP contribution in [0.15, 0.2) is 53.3 Å². The third-order valence-corrected chi connectivity index (χ3v) is 5.81. The molecule has 1 N–H and O–H groups in total. The Kier molecular flexibility index (Phi) is 5.65. The first-order chi connectivity index (χ1) is 12.8. The largest absolute Gasteiger partial charge is 0.355 e. The molecule has 2 aromatic rings. The topological polar surface area (TPSA) is 62.3 Å². The number of nitrogens with zero attached hydrogens (tertiary/aromatic N) is 2. The number of pyridine rings is 1. The van der Waals surface area contributed by atoms with Crippen molar-refractivity contribution >= 4 is 27.7 Å². The zero-order valence-electron chi connectivity index (χ0n) is 15.8. The lowest BCUT2D eigenvalue weighted by Gasteiger charge is -2.28.